The van der Waals surface area contributed by atoms with Crippen LogP contribution in [0.4, 0.5) is 4.39 Å². The fourth-order valence-corrected chi connectivity index (χ4v) is 2.10. The van der Waals surface area contributed by atoms with Gasteiger partial charge in [-0.1, -0.05) is 18.2 Å². The monoisotopic (exact) mass is 327 g/mol. The van der Waals surface area contributed by atoms with Crippen LogP contribution in [0.5, 0.6) is 5.75 Å². The van der Waals surface area contributed by atoms with E-state index in [4.69, 9.17) is 13.9 Å². The van der Waals surface area contributed by atoms with Crippen LogP contribution in [0.1, 0.15) is 11.5 Å². The van der Waals surface area contributed by atoms with Gasteiger partial charge in [-0.05, 0) is 29.8 Å². The number of esters is 1. The average Bonchev–Trinajstić information content (AvgIpc) is 3.01. The molecule has 0 aliphatic heterocycles. The van der Waals surface area contributed by atoms with E-state index in [1.54, 1.807) is 12.1 Å². The van der Waals surface area contributed by atoms with Crippen LogP contribution in [0, 0.1) is 5.82 Å². The van der Waals surface area contributed by atoms with Gasteiger partial charge in [0.1, 0.15) is 12.1 Å². The summed E-state index contributed by atoms with van der Waals surface area (Å²) in [6, 6.07) is 11.6. The van der Waals surface area contributed by atoms with E-state index in [1.165, 1.54) is 31.4 Å². The van der Waals surface area contributed by atoms with Gasteiger partial charge in [-0.15, -0.1) is 0 Å². The number of halogens is 1. The molecule has 0 spiro atoms. The quantitative estimate of drug-likeness (QED) is 0.528. The third-order valence-electron chi connectivity index (χ3n) is 3.27. The molecule has 24 heavy (non-hydrogen) atoms. The first kappa shape index (κ1) is 15.7. The summed E-state index contributed by atoms with van der Waals surface area (Å²) in [5, 5.41) is 0. The minimum Gasteiger partial charge on any atom is -0.494 e. The molecule has 1 heterocycles. The molecule has 0 aliphatic rings. The Balaban J connectivity index is 1.60. The van der Waals surface area contributed by atoms with Crippen LogP contribution in [-0.4, -0.2) is 18.1 Å². The number of hydrogen-bond donors (Lipinski definition) is 0. The van der Waals surface area contributed by atoms with E-state index in [9.17, 15) is 9.18 Å². The summed E-state index contributed by atoms with van der Waals surface area (Å²) in [5.74, 6) is -0.633. The number of methoxy groups -OCH3 is 1. The Bertz CT molecular complexity index is 868. The Morgan fingerprint density at radius 2 is 2.12 bits per heavy atom. The minimum absolute atomic E-state index is 0.0440. The van der Waals surface area contributed by atoms with Crippen molar-refractivity contribution in [2.75, 3.05) is 7.11 Å². The van der Waals surface area contributed by atoms with Crippen molar-refractivity contribution in [1.82, 2.24) is 4.98 Å². The van der Waals surface area contributed by atoms with Gasteiger partial charge in [-0.3, -0.25) is 0 Å². The highest BCUT2D eigenvalue weighted by Gasteiger charge is 2.06. The zero-order chi connectivity index (χ0) is 16.9. The first-order valence-electron chi connectivity index (χ1n) is 7.18. The van der Waals surface area contributed by atoms with Crippen molar-refractivity contribution in [2.24, 2.45) is 0 Å². The highest BCUT2D eigenvalue weighted by atomic mass is 19.1. The van der Waals surface area contributed by atoms with Crippen molar-refractivity contribution in [3.63, 3.8) is 0 Å². The maximum Gasteiger partial charge on any atom is 0.331 e. The van der Waals surface area contributed by atoms with Crippen molar-refractivity contribution in [3.8, 4) is 5.75 Å². The number of carbonyl (C=O) groups excluding carboxylic acids is 1. The van der Waals surface area contributed by atoms with Gasteiger partial charge in [-0.2, -0.15) is 0 Å². The average molecular weight is 327 g/mol. The highest BCUT2D eigenvalue weighted by Crippen LogP contribution is 2.18. The lowest BCUT2D eigenvalue weighted by Crippen LogP contribution is -2.01. The van der Waals surface area contributed by atoms with Crippen molar-refractivity contribution in [2.45, 2.75) is 6.61 Å². The van der Waals surface area contributed by atoms with Crippen LogP contribution in [0.25, 0.3) is 17.2 Å². The summed E-state index contributed by atoms with van der Waals surface area (Å²) in [6.07, 6.45) is 2.64. The molecule has 2 aromatic carbocycles. The fraction of sp³-hybridized carbons (Fsp3) is 0.111. The molecule has 0 saturated carbocycles. The maximum atomic E-state index is 13.5. The number of ether oxygens (including phenoxy) is 2. The maximum absolute atomic E-state index is 13.5. The zero-order valence-corrected chi connectivity index (χ0v) is 12.9. The van der Waals surface area contributed by atoms with Crippen LogP contribution in [0.2, 0.25) is 0 Å². The molecule has 0 saturated heterocycles. The molecular formula is C18H14FNO4. The highest BCUT2D eigenvalue weighted by molar-refractivity contribution is 5.86. The fourth-order valence-electron chi connectivity index (χ4n) is 2.10. The molecular weight excluding hydrogens is 313 g/mol. The zero-order valence-electron chi connectivity index (χ0n) is 12.9. The van der Waals surface area contributed by atoms with E-state index in [0.717, 1.165) is 0 Å². The van der Waals surface area contributed by atoms with Crippen molar-refractivity contribution in [1.29, 1.82) is 0 Å². The number of hydrogen-bond acceptors (Lipinski definition) is 5. The van der Waals surface area contributed by atoms with E-state index in [2.05, 4.69) is 4.98 Å². The van der Waals surface area contributed by atoms with Gasteiger partial charge in [0.25, 0.3) is 0 Å². The Hall–Kier alpha value is -3.15. The van der Waals surface area contributed by atoms with E-state index < -0.39 is 11.8 Å². The molecule has 0 N–H and O–H groups in total. The van der Waals surface area contributed by atoms with Gasteiger partial charge < -0.3 is 13.9 Å². The van der Waals surface area contributed by atoms with Crippen LogP contribution < -0.4 is 4.74 Å². The number of rotatable bonds is 5. The predicted molar refractivity (Wildman–Crippen MR) is 85.8 cm³/mol. The van der Waals surface area contributed by atoms with Gasteiger partial charge in [0.2, 0.25) is 5.89 Å². The molecule has 0 fully saturated rings. The summed E-state index contributed by atoms with van der Waals surface area (Å²) >= 11 is 0. The van der Waals surface area contributed by atoms with Crippen molar-refractivity contribution >= 4 is 23.1 Å². The van der Waals surface area contributed by atoms with Gasteiger partial charge in [0.15, 0.2) is 17.1 Å². The Morgan fingerprint density at radius 3 is 2.88 bits per heavy atom. The summed E-state index contributed by atoms with van der Waals surface area (Å²) in [7, 11) is 1.38. The number of nitrogens with zero attached hydrogens (tertiary/aromatic N) is 1. The number of para-hydroxylation sites is 2. The number of aromatic nitrogens is 1. The summed E-state index contributed by atoms with van der Waals surface area (Å²) < 4.78 is 28.9. The topological polar surface area (TPSA) is 61.6 Å². The molecule has 122 valence electrons. The molecule has 0 radical (unpaired) electrons. The van der Waals surface area contributed by atoms with Crippen LogP contribution >= 0.6 is 0 Å². The molecule has 3 rings (SSSR count). The van der Waals surface area contributed by atoms with Crippen molar-refractivity contribution in [3.05, 3.63) is 65.8 Å². The molecule has 6 heteroatoms. The molecule has 0 aliphatic carbocycles. The first-order valence-corrected chi connectivity index (χ1v) is 7.18. The standard InChI is InChI=1S/C18H14FNO4/c1-22-15-7-6-12(10-13(15)19)11-23-18(21)9-8-17-20-14-4-2-3-5-16(14)24-17/h2-10H,11H2,1H3/b9-8+. The smallest absolute Gasteiger partial charge is 0.331 e. The normalized spacial score (nSPS) is 11.1. The summed E-state index contributed by atoms with van der Waals surface area (Å²) in [5.41, 5.74) is 1.87. The Kier molecular flexibility index (Phi) is 4.56. The number of carbonyl (C=O) groups is 1. The lowest BCUT2D eigenvalue weighted by atomic mass is 10.2. The second kappa shape index (κ2) is 6.95. The Labute approximate surface area is 137 Å². The SMILES string of the molecule is COc1ccc(COC(=O)/C=C/c2nc3ccccc3o2)cc1F. The largest absolute Gasteiger partial charge is 0.494 e. The molecule has 0 bridgehead atoms. The third-order valence-corrected chi connectivity index (χ3v) is 3.27. The lowest BCUT2D eigenvalue weighted by molar-refractivity contribution is -0.138. The second-order valence-corrected chi connectivity index (χ2v) is 4.93. The van der Waals surface area contributed by atoms with Gasteiger partial charge in [0.05, 0.1) is 7.11 Å². The van der Waals surface area contributed by atoms with Gasteiger partial charge >= 0.3 is 5.97 Å². The predicted octanol–water partition coefficient (Wildman–Crippen LogP) is 3.73. The number of fused-ring (bicyclic) bond motifs is 1. The van der Waals surface area contributed by atoms with Crippen molar-refractivity contribution < 1.29 is 23.1 Å². The number of benzene rings is 2. The summed E-state index contributed by atoms with van der Waals surface area (Å²) in [6.45, 7) is -0.0440. The van der Waals surface area contributed by atoms with E-state index in [1.807, 2.05) is 18.2 Å². The second-order valence-electron chi connectivity index (χ2n) is 4.93. The number of oxazole rings is 1. The van der Waals surface area contributed by atoms with E-state index in [-0.39, 0.29) is 12.4 Å². The molecule has 0 atom stereocenters. The Morgan fingerprint density at radius 1 is 1.29 bits per heavy atom. The third kappa shape index (κ3) is 3.60. The van der Waals surface area contributed by atoms with Crippen LogP contribution in [0.15, 0.2) is 53.0 Å². The molecule has 0 amide bonds. The first-order chi connectivity index (χ1) is 11.7. The van der Waals surface area contributed by atoms with Crippen LogP contribution in [0.3, 0.4) is 0 Å². The lowest BCUT2D eigenvalue weighted by Gasteiger charge is -2.05. The van der Waals surface area contributed by atoms with Gasteiger partial charge in [-0.25, -0.2) is 14.2 Å². The van der Waals surface area contributed by atoms with E-state index >= 15 is 0 Å². The van der Waals surface area contributed by atoms with E-state index in [0.29, 0.717) is 22.6 Å². The molecule has 1 aromatic heterocycles. The van der Waals surface area contributed by atoms with Gasteiger partial charge in [0, 0.05) is 12.2 Å². The summed E-state index contributed by atoms with van der Waals surface area (Å²) in [4.78, 5) is 15.9. The molecule has 5 nitrogen and oxygen atoms in total. The molecule has 3 aromatic rings. The van der Waals surface area contributed by atoms with Crippen LogP contribution in [-0.2, 0) is 16.1 Å². The molecule has 0 unspecified atom stereocenters. The minimum atomic E-state index is -0.575.